The van der Waals surface area contributed by atoms with Crippen molar-refractivity contribution >= 4 is 16.7 Å². The van der Waals surface area contributed by atoms with Gasteiger partial charge in [0.05, 0.1) is 24.1 Å². The smallest absolute Gasteiger partial charge is 0.262 e. The fraction of sp³-hybridized carbons (Fsp3) is 0.444. The van der Waals surface area contributed by atoms with Crippen LogP contribution in [-0.2, 0) is 19.5 Å². The average Bonchev–Trinajstić information content (AvgIpc) is 3.28. The van der Waals surface area contributed by atoms with Gasteiger partial charge in [-0.15, -0.1) is 10.2 Å². The molecule has 0 aliphatic carbocycles. The number of piperidine rings is 1. The Morgan fingerprint density at radius 3 is 2.50 bits per heavy atom. The summed E-state index contributed by atoms with van der Waals surface area (Å²) in [6.07, 6.45) is 4.75. The quantitative estimate of drug-likeness (QED) is 0.393. The monoisotopic (exact) mass is 459 g/mol. The van der Waals surface area contributed by atoms with Crippen LogP contribution >= 0.6 is 0 Å². The second kappa shape index (κ2) is 9.97. The fourth-order valence-electron chi connectivity index (χ4n) is 5.12. The zero-order valence-electron chi connectivity index (χ0n) is 20.1. The van der Waals surface area contributed by atoms with E-state index in [1.54, 1.807) is 4.57 Å². The van der Waals surface area contributed by atoms with Gasteiger partial charge < -0.3 is 4.74 Å². The molecule has 5 rings (SSSR count). The van der Waals surface area contributed by atoms with E-state index in [1.807, 2.05) is 38.1 Å². The number of hydrogen-bond acceptors (Lipinski definition) is 5. The first-order valence-corrected chi connectivity index (χ1v) is 12.5. The Balaban J connectivity index is 1.24. The highest BCUT2D eigenvalue weighted by atomic mass is 16.5. The maximum Gasteiger partial charge on any atom is 0.262 e. The standard InChI is InChI=1S/C27H33N5O2/c1-3-31-26(33)23-7-5-6-8-24(23)32-25(28-29-27(31)32)19-30-17-15-21(16-18-30)10-9-20-11-13-22(14-12-20)34-4-2/h5-8,11-14,21H,3-4,9-10,15-19H2,1-2H3. The van der Waals surface area contributed by atoms with Gasteiger partial charge in [0.1, 0.15) is 5.75 Å². The van der Waals surface area contributed by atoms with Gasteiger partial charge in [-0.1, -0.05) is 24.3 Å². The third-order valence-electron chi connectivity index (χ3n) is 7.04. The third-order valence-corrected chi connectivity index (χ3v) is 7.04. The summed E-state index contributed by atoms with van der Waals surface area (Å²) in [7, 11) is 0. The van der Waals surface area contributed by atoms with Gasteiger partial charge in [-0.2, -0.15) is 0 Å². The molecule has 0 bridgehead atoms. The Labute approximate surface area is 200 Å². The maximum atomic E-state index is 12.9. The molecule has 2 aromatic heterocycles. The van der Waals surface area contributed by atoms with Crippen molar-refractivity contribution in [1.82, 2.24) is 24.1 Å². The number of aryl methyl sites for hydroxylation is 2. The minimum Gasteiger partial charge on any atom is -0.494 e. The van der Waals surface area contributed by atoms with Gasteiger partial charge in [0.15, 0.2) is 5.82 Å². The van der Waals surface area contributed by atoms with Crippen LogP contribution < -0.4 is 10.3 Å². The molecular formula is C27H33N5O2. The molecule has 7 nitrogen and oxygen atoms in total. The minimum absolute atomic E-state index is 0.00195. The molecule has 1 saturated heterocycles. The first-order chi connectivity index (χ1) is 16.7. The molecule has 1 fully saturated rings. The highest BCUT2D eigenvalue weighted by Crippen LogP contribution is 2.25. The number of fused-ring (bicyclic) bond motifs is 3. The first-order valence-electron chi connectivity index (χ1n) is 12.5. The van der Waals surface area contributed by atoms with Crippen molar-refractivity contribution in [2.45, 2.75) is 52.6 Å². The molecule has 0 unspecified atom stereocenters. The van der Waals surface area contributed by atoms with Crippen molar-refractivity contribution < 1.29 is 4.74 Å². The van der Waals surface area contributed by atoms with E-state index in [0.717, 1.165) is 49.1 Å². The van der Waals surface area contributed by atoms with Crippen molar-refractivity contribution in [3.63, 3.8) is 0 Å². The van der Waals surface area contributed by atoms with E-state index in [9.17, 15) is 4.79 Å². The summed E-state index contributed by atoms with van der Waals surface area (Å²) in [5.74, 6) is 3.24. The zero-order chi connectivity index (χ0) is 23.5. The summed E-state index contributed by atoms with van der Waals surface area (Å²) in [6.45, 7) is 8.14. The highest BCUT2D eigenvalue weighted by Gasteiger charge is 2.22. The van der Waals surface area contributed by atoms with E-state index in [1.165, 1.54) is 24.8 Å². The summed E-state index contributed by atoms with van der Waals surface area (Å²) in [5, 5.41) is 9.62. The summed E-state index contributed by atoms with van der Waals surface area (Å²) >= 11 is 0. The van der Waals surface area contributed by atoms with Gasteiger partial charge in [-0.3, -0.25) is 18.7 Å². The van der Waals surface area contributed by atoms with Crippen molar-refractivity contribution in [3.8, 4) is 5.75 Å². The Bertz CT molecular complexity index is 1320. The van der Waals surface area contributed by atoms with Crippen LogP contribution in [0.1, 0.15) is 44.5 Å². The van der Waals surface area contributed by atoms with Gasteiger partial charge in [0.25, 0.3) is 5.56 Å². The van der Waals surface area contributed by atoms with Crippen molar-refractivity contribution in [1.29, 1.82) is 0 Å². The number of ether oxygens (including phenoxy) is 1. The van der Waals surface area contributed by atoms with E-state index in [4.69, 9.17) is 4.74 Å². The second-order valence-electron chi connectivity index (χ2n) is 9.15. The number of para-hydroxylation sites is 1. The Hall–Kier alpha value is -3.19. The first kappa shape index (κ1) is 22.6. The van der Waals surface area contributed by atoms with E-state index in [0.29, 0.717) is 24.3 Å². The third kappa shape index (κ3) is 4.44. The minimum atomic E-state index is -0.00195. The summed E-state index contributed by atoms with van der Waals surface area (Å²) in [5.41, 5.74) is 2.27. The van der Waals surface area contributed by atoms with Crippen LogP contribution in [0.4, 0.5) is 0 Å². The molecule has 4 aromatic rings. The normalized spacial score (nSPS) is 15.4. The number of likely N-dealkylation sites (tertiary alicyclic amines) is 1. The molecule has 0 atom stereocenters. The van der Waals surface area contributed by atoms with Crippen molar-refractivity contribution in [2.24, 2.45) is 5.92 Å². The van der Waals surface area contributed by atoms with Gasteiger partial charge in [-0.05, 0) is 88.4 Å². The molecule has 1 aliphatic rings. The van der Waals surface area contributed by atoms with Gasteiger partial charge in [0.2, 0.25) is 5.78 Å². The largest absolute Gasteiger partial charge is 0.494 e. The summed E-state index contributed by atoms with van der Waals surface area (Å²) in [6, 6.07) is 16.3. The number of aromatic nitrogens is 4. The Morgan fingerprint density at radius 2 is 1.76 bits per heavy atom. The van der Waals surface area contributed by atoms with E-state index < -0.39 is 0 Å². The lowest BCUT2D eigenvalue weighted by Gasteiger charge is -2.31. The fourth-order valence-corrected chi connectivity index (χ4v) is 5.12. The molecule has 178 valence electrons. The molecule has 0 amide bonds. The molecular weight excluding hydrogens is 426 g/mol. The Morgan fingerprint density at radius 1 is 1.00 bits per heavy atom. The van der Waals surface area contributed by atoms with Crippen molar-refractivity contribution in [2.75, 3.05) is 19.7 Å². The number of hydrogen-bond donors (Lipinski definition) is 0. The lowest BCUT2D eigenvalue weighted by molar-refractivity contribution is 0.168. The predicted octanol–water partition coefficient (Wildman–Crippen LogP) is 4.31. The van der Waals surface area contributed by atoms with Crippen LogP contribution in [0.2, 0.25) is 0 Å². The highest BCUT2D eigenvalue weighted by molar-refractivity contribution is 5.80. The maximum absolute atomic E-state index is 12.9. The molecule has 7 heteroatoms. The zero-order valence-corrected chi connectivity index (χ0v) is 20.1. The molecule has 1 aliphatic heterocycles. The number of nitrogens with zero attached hydrogens (tertiary/aromatic N) is 5. The molecule has 0 spiro atoms. The van der Waals surface area contributed by atoms with E-state index >= 15 is 0 Å². The average molecular weight is 460 g/mol. The van der Waals surface area contributed by atoms with Gasteiger partial charge >= 0.3 is 0 Å². The van der Waals surface area contributed by atoms with Crippen LogP contribution in [0.15, 0.2) is 53.3 Å². The number of rotatable bonds is 8. The molecule has 3 heterocycles. The van der Waals surface area contributed by atoms with Gasteiger partial charge in [0, 0.05) is 6.54 Å². The summed E-state index contributed by atoms with van der Waals surface area (Å²) < 4.78 is 9.33. The molecule has 2 aromatic carbocycles. The lowest BCUT2D eigenvalue weighted by atomic mass is 9.90. The predicted molar refractivity (Wildman–Crippen MR) is 134 cm³/mol. The SMILES string of the molecule is CCOc1ccc(CCC2CCN(Cc3nnc4n(CC)c(=O)c5ccccc5n34)CC2)cc1. The molecule has 34 heavy (non-hydrogen) atoms. The van der Waals surface area contributed by atoms with Crippen molar-refractivity contribution in [3.05, 3.63) is 70.3 Å². The summed E-state index contributed by atoms with van der Waals surface area (Å²) in [4.78, 5) is 15.4. The van der Waals surface area contributed by atoms with Crippen LogP contribution in [-0.4, -0.2) is 43.8 Å². The van der Waals surface area contributed by atoms with Crippen LogP contribution in [0.5, 0.6) is 5.75 Å². The Kier molecular flexibility index (Phi) is 6.63. The topological polar surface area (TPSA) is 64.7 Å². The number of benzene rings is 2. The molecule has 0 radical (unpaired) electrons. The molecule has 0 saturated carbocycles. The molecule has 0 N–H and O–H groups in total. The van der Waals surface area contributed by atoms with Crippen LogP contribution in [0.3, 0.4) is 0 Å². The van der Waals surface area contributed by atoms with Gasteiger partial charge in [-0.25, -0.2) is 0 Å². The lowest BCUT2D eigenvalue weighted by Crippen LogP contribution is -2.34. The van der Waals surface area contributed by atoms with E-state index in [2.05, 4.69) is 43.8 Å². The second-order valence-corrected chi connectivity index (χ2v) is 9.15. The van der Waals surface area contributed by atoms with Crippen LogP contribution in [0, 0.1) is 5.92 Å². The van der Waals surface area contributed by atoms with E-state index in [-0.39, 0.29) is 5.56 Å². The van der Waals surface area contributed by atoms with Crippen LogP contribution in [0.25, 0.3) is 16.7 Å².